The van der Waals surface area contributed by atoms with Gasteiger partial charge in [-0.3, -0.25) is 0 Å². The molecule has 1 aromatic rings. The quantitative estimate of drug-likeness (QED) is 0.879. The fourth-order valence-electron chi connectivity index (χ4n) is 1.30. The van der Waals surface area contributed by atoms with Crippen molar-refractivity contribution in [3.05, 3.63) is 11.8 Å². The van der Waals surface area contributed by atoms with E-state index in [1.165, 1.54) is 0 Å². The van der Waals surface area contributed by atoms with Gasteiger partial charge in [-0.25, -0.2) is 8.42 Å². The van der Waals surface area contributed by atoms with Crippen LogP contribution in [-0.2, 0) is 21.0 Å². The zero-order chi connectivity index (χ0) is 14.9. The van der Waals surface area contributed by atoms with E-state index in [-0.39, 0.29) is 11.4 Å². The molecule has 0 radical (unpaired) electrons. The average molecular weight is 289 g/mol. The second-order valence-electron chi connectivity index (χ2n) is 6.21. The Balaban J connectivity index is 2.73. The Labute approximate surface area is 114 Å². The molecule has 0 saturated carbocycles. The first kappa shape index (κ1) is 16.1. The highest BCUT2D eigenvalue weighted by Gasteiger charge is 2.37. The third kappa shape index (κ3) is 4.28. The van der Waals surface area contributed by atoms with Crippen molar-refractivity contribution in [2.75, 3.05) is 12.8 Å². The molecule has 110 valence electrons. The summed E-state index contributed by atoms with van der Waals surface area (Å²) in [4.78, 5) is 0. The van der Waals surface area contributed by atoms with Gasteiger partial charge in [0.1, 0.15) is 4.75 Å². The number of hydrogen-bond donors (Lipinski definition) is 1. The van der Waals surface area contributed by atoms with Crippen molar-refractivity contribution < 1.29 is 12.8 Å². The minimum absolute atomic E-state index is 0.0227. The minimum Gasteiger partial charge on any atom is -0.424 e. The molecular formula is C12H23N3O3S. The molecule has 0 spiro atoms. The number of sulfone groups is 1. The van der Waals surface area contributed by atoms with Gasteiger partial charge in [-0.15, -0.1) is 10.2 Å². The lowest BCUT2D eigenvalue weighted by Gasteiger charge is -2.19. The maximum atomic E-state index is 11.7. The third-order valence-corrected chi connectivity index (χ3v) is 4.93. The van der Waals surface area contributed by atoms with E-state index in [9.17, 15) is 8.42 Å². The van der Waals surface area contributed by atoms with Gasteiger partial charge >= 0.3 is 0 Å². The van der Waals surface area contributed by atoms with Gasteiger partial charge in [0.15, 0.2) is 9.84 Å². The Morgan fingerprint density at radius 1 is 1.16 bits per heavy atom. The summed E-state index contributed by atoms with van der Waals surface area (Å²) in [5.41, 5.74) is 0.0227. The standard InChI is InChI=1S/C12H23N3O3S/c1-11(2,3)13-8-7-9-14-15-10(18-9)12(4,5)19(6,16)17/h13H,7-8H2,1-6H3. The van der Waals surface area contributed by atoms with Crippen LogP contribution in [0.5, 0.6) is 0 Å². The van der Waals surface area contributed by atoms with Gasteiger partial charge in [0.2, 0.25) is 11.8 Å². The van der Waals surface area contributed by atoms with Crippen molar-refractivity contribution in [1.82, 2.24) is 15.5 Å². The van der Waals surface area contributed by atoms with Crippen molar-refractivity contribution in [3.8, 4) is 0 Å². The van der Waals surface area contributed by atoms with Gasteiger partial charge in [0.25, 0.3) is 0 Å². The Hall–Kier alpha value is -0.950. The number of aromatic nitrogens is 2. The van der Waals surface area contributed by atoms with E-state index >= 15 is 0 Å². The highest BCUT2D eigenvalue weighted by Crippen LogP contribution is 2.27. The molecule has 0 unspecified atom stereocenters. The predicted octanol–water partition coefficient (Wildman–Crippen LogP) is 1.28. The molecule has 0 aliphatic carbocycles. The van der Waals surface area contributed by atoms with E-state index in [0.29, 0.717) is 18.9 Å². The molecule has 0 atom stereocenters. The first-order chi connectivity index (χ1) is 8.43. The summed E-state index contributed by atoms with van der Waals surface area (Å²) in [7, 11) is -3.30. The molecule has 1 rings (SSSR count). The highest BCUT2D eigenvalue weighted by atomic mass is 32.2. The molecule has 0 aromatic carbocycles. The lowest BCUT2D eigenvalue weighted by atomic mass is 10.1. The topological polar surface area (TPSA) is 85.1 Å². The van der Waals surface area contributed by atoms with E-state index in [1.54, 1.807) is 13.8 Å². The molecule has 0 amide bonds. The smallest absolute Gasteiger partial charge is 0.237 e. The number of rotatable bonds is 5. The van der Waals surface area contributed by atoms with Crippen LogP contribution in [0.2, 0.25) is 0 Å². The van der Waals surface area contributed by atoms with Crippen LogP contribution >= 0.6 is 0 Å². The lowest BCUT2D eigenvalue weighted by molar-refractivity contribution is 0.384. The molecule has 1 heterocycles. The molecule has 0 aliphatic heterocycles. The molecule has 0 bridgehead atoms. The number of hydrogen-bond acceptors (Lipinski definition) is 6. The van der Waals surface area contributed by atoms with Crippen molar-refractivity contribution in [3.63, 3.8) is 0 Å². The summed E-state index contributed by atoms with van der Waals surface area (Å²) in [6, 6.07) is 0. The van der Waals surface area contributed by atoms with E-state index < -0.39 is 14.6 Å². The number of nitrogens with zero attached hydrogens (tertiary/aromatic N) is 2. The Morgan fingerprint density at radius 2 is 1.74 bits per heavy atom. The predicted molar refractivity (Wildman–Crippen MR) is 73.6 cm³/mol. The number of nitrogens with one attached hydrogen (secondary N) is 1. The fraction of sp³-hybridized carbons (Fsp3) is 0.833. The summed E-state index contributed by atoms with van der Waals surface area (Å²) in [5.74, 6) is 0.587. The molecule has 19 heavy (non-hydrogen) atoms. The van der Waals surface area contributed by atoms with E-state index in [0.717, 1.165) is 6.26 Å². The van der Waals surface area contributed by atoms with E-state index in [1.807, 2.05) is 0 Å². The van der Waals surface area contributed by atoms with Crippen molar-refractivity contribution in [2.45, 2.75) is 51.3 Å². The molecule has 6 nitrogen and oxygen atoms in total. The summed E-state index contributed by atoms with van der Waals surface area (Å²) in [6.07, 6.45) is 1.74. The molecular weight excluding hydrogens is 266 g/mol. The zero-order valence-corrected chi connectivity index (χ0v) is 13.3. The molecule has 1 aromatic heterocycles. The van der Waals surface area contributed by atoms with E-state index in [2.05, 4.69) is 36.3 Å². The maximum absolute atomic E-state index is 11.7. The van der Waals surface area contributed by atoms with Gasteiger partial charge < -0.3 is 9.73 Å². The summed E-state index contributed by atoms with van der Waals surface area (Å²) in [5, 5.41) is 11.0. The van der Waals surface area contributed by atoms with Gasteiger partial charge in [-0.2, -0.15) is 0 Å². The van der Waals surface area contributed by atoms with E-state index in [4.69, 9.17) is 4.42 Å². The van der Waals surface area contributed by atoms with Crippen LogP contribution < -0.4 is 5.32 Å². The fourth-order valence-corrected chi connectivity index (χ4v) is 1.70. The van der Waals surface area contributed by atoms with Crippen LogP contribution in [-0.4, -0.2) is 37.0 Å². The van der Waals surface area contributed by atoms with Crippen molar-refractivity contribution in [1.29, 1.82) is 0 Å². The largest absolute Gasteiger partial charge is 0.424 e. The van der Waals surface area contributed by atoms with Crippen LogP contribution in [0.15, 0.2) is 4.42 Å². The SMILES string of the molecule is CC(C)(C)NCCc1nnc(C(C)(C)S(C)(=O)=O)o1. The monoisotopic (exact) mass is 289 g/mol. The Bertz CT molecular complexity index is 527. The minimum atomic E-state index is -3.30. The Morgan fingerprint density at radius 3 is 2.21 bits per heavy atom. The van der Waals surface area contributed by atoms with Crippen LogP contribution in [0.4, 0.5) is 0 Å². The van der Waals surface area contributed by atoms with Crippen LogP contribution in [0, 0.1) is 0 Å². The van der Waals surface area contributed by atoms with Crippen LogP contribution in [0.25, 0.3) is 0 Å². The second kappa shape index (κ2) is 5.20. The van der Waals surface area contributed by atoms with Crippen LogP contribution in [0.1, 0.15) is 46.4 Å². The molecule has 0 saturated heterocycles. The summed E-state index contributed by atoms with van der Waals surface area (Å²) < 4.78 is 27.6. The zero-order valence-electron chi connectivity index (χ0n) is 12.4. The normalized spacial score (nSPS) is 13.8. The van der Waals surface area contributed by atoms with Crippen LogP contribution in [0.3, 0.4) is 0 Å². The van der Waals surface area contributed by atoms with Gasteiger partial charge in [0.05, 0.1) is 0 Å². The molecule has 0 aliphatic rings. The summed E-state index contributed by atoms with van der Waals surface area (Å²) >= 11 is 0. The molecule has 7 heteroatoms. The van der Waals surface area contributed by atoms with Gasteiger partial charge in [-0.05, 0) is 34.6 Å². The van der Waals surface area contributed by atoms with Gasteiger partial charge in [0, 0.05) is 24.8 Å². The maximum Gasteiger partial charge on any atom is 0.237 e. The average Bonchev–Trinajstić information content (AvgIpc) is 2.62. The van der Waals surface area contributed by atoms with Crippen molar-refractivity contribution >= 4 is 9.84 Å². The first-order valence-corrected chi connectivity index (χ1v) is 8.10. The van der Waals surface area contributed by atoms with Gasteiger partial charge in [-0.1, -0.05) is 0 Å². The molecule has 1 N–H and O–H groups in total. The van der Waals surface area contributed by atoms with Crippen molar-refractivity contribution in [2.24, 2.45) is 0 Å². The lowest BCUT2D eigenvalue weighted by Crippen LogP contribution is -2.37. The second-order valence-corrected chi connectivity index (χ2v) is 8.78. The summed E-state index contributed by atoms with van der Waals surface area (Å²) in [6.45, 7) is 10.0. The third-order valence-electron chi connectivity index (χ3n) is 2.90. The first-order valence-electron chi connectivity index (χ1n) is 6.21. The molecule has 0 fully saturated rings. The Kier molecular flexibility index (Phi) is 4.41. The highest BCUT2D eigenvalue weighted by molar-refractivity contribution is 7.91.